The third kappa shape index (κ3) is 5.83. The van der Waals surface area contributed by atoms with Gasteiger partial charge in [0, 0.05) is 6.54 Å². The van der Waals surface area contributed by atoms with Crippen molar-refractivity contribution in [2.24, 2.45) is 11.7 Å². The van der Waals surface area contributed by atoms with Gasteiger partial charge < -0.3 is 11.1 Å². The van der Waals surface area contributed by atoms with Crippen LogP contribution in [-0.2, 0) is 4.79 Å². The lowest BCUT2D eigenvalue weighted by Gasteiger charge is -2.32. The molecular formula is C15H23Cl2N3O. The number of piperidine rings is 1. The van der Waals surface area contributed by atoms with Crippen LogP contribution in [0, 0.1) is 5.92 Å². The van der Waals surface area contributed by atoms with Gasteiger partial charge in [0.25, 0.3) is 0 Å². The van der Waals surface area contributed by atoms with Gasteiger partial charge in [-0.2, -0.15) is 0 Å². The summed E-state index contributed by atoms with van der Waals surface area (Å²) >= 11 is 6.03. The maximum atomic E-state index is 12.1. The molecule has 1 aliphatic rings. The first kappa shape index (κ1) is 18.2. The van der Waals surface area contributed by atoms with E-state index in [1.807, 2.05) is 18.2 Å². The largest absolute Gasteiger partial charge is 0.330 e. The number of nitrogens with two attached hydrogens (primary N) is 1. The molecule has 4 nitrogen and oxygen atoms in total. The predicted molar refractivity (Wildman–Crippen MR) is 90.2 cm³/mol. The van der Waals surface area contributed by atoms with Crippen LogP contribution in [0.1, 0.15) is 19.3 Å². The van der Waals surface area contributed by atoms with Crippen LogP contribution in [0.3, 0.4) is 0 Å². The van der Waals surface area contributed by atoms with Gasteiger partial charge in [0.05, 0.1) is 17.3 Å². The number of anilines is 1. The van der Waals surface area contributed by atoms with Crippen molar-refractivity contribution in [3.8, 4) is 0 Å². The Labute approximate surface area is 137 Å². The minimum atomic E-state index is -0.00787. The van der Waals surface area contributed by atoms with Crippen LogP contribution in [0.25, 0.3) is 0 Å². The molecule has 1 heterocycles. The molecule has 1 saturated heterocycles. The van der Waals surface area contributed by atoms with E-state index in [0.29, 0.717) is 23.2 Å². The van der Waals surface area contributed by atoms with Crippen LogP contribution in [-0.4, -0.2) is 37.0 Å². The van der Waals surface area contributed by atoms with E-state index in [1.165, 1.54) is 6.42 Å². The highest BCUT2D eigenvalue weighted by Gasteiger charge is 2.21. The van der Waals surface area contributed by atoms with Crippen molar-refractivity contribution < 1.29 is 4.79 Å². The second kappa shape index (κ2) is 9.26. The minimum absolute atomic E-state index is 0. The van der Waals surface area contributed by atoms with Gasteiger partial charge in [-0.1, -0.05) is 23.7 Å². The summed E-state index contributed by atoms with van der Waals surface area (Å²) in [7, 11) is 0. The highest BCUT2D eigenvalue weighted by molar-refractivity contribution is 6.33. The van der Waals surface area contributed by atoms with Crippen LogP contribution in [0.2, 0.25) is 5.02 Å². The summed E-state index contributed by atoms with van der Waals surface area (Å²) in [6.07, 6.45) is 3.41. The fourth-order valence-electron chi connectivity index (χ4n) is 2.72. The van der Waals surface area contributed by atoms with Gasteiger partial charge in [0.15, 0.2) is 0 Å². The fourth-order valence-corrected chi connectivity index (χ4v) is 2.90. The summed E-state index contributed by atoms with van der Waals surface area (Å²) in [4.78, 5) is 14.3. The number of likely N-dealkylation sites (tertiary alicyclic amines) is 1. The summed E-state index contributed by atoms with van der Waals surface area (Å²) in [5.41, 5.74) is 6.29. The van der Waals surface area contributed by atoms with Gasteiger partial charge in [-0.25, -0.2) is 0 Å². The van der Waals surface area contributed by atoms with Gasteiger partial charge in [-0.05, 0) is 50.4 Å². The number of carbonyl (C=O) groups excluding carboxylic acids is 1. The van der Waals surface area contributed by atoms with Gasteiger partial charge in [-0.3, -0.25) is 9.69 Å². The molecule has 21 heavy (non-hydrogen) atoms. The molecule has 1 aromatic rings. The first-order chi connectivity index (χ1) is 9.69. The van der Waals surface area contributed by atoms with Crippen molar-refractivity contribution >= 4 is 35.6 Å². The van der Waals surface area contributed by atoms with Crippen LogP contribution >= 0.6 is 24.0 Å². The molecule has 0 aliphatic carbocycles. The normalized spacial score (nSPS) is 18.9. The zero-order valence-electron chi connectivity index (χ0n) is 12.1. The smallest absolute Gasteiger partial charge is 0.238 e. The Morgan fingerprint density at radius 2 is 2.19 bits per heavy atom. The van der Waals surface area contributed by atoms with Crippen LogP contribution in [0.15, 0.2) is 24.3 Å². The van der Waals surface area contributed by atoms with Crippen molar-refractivity contribution in [2.75, 3.05) is 31.5 Å². The number of nitrogens with zero attached hydrogens (tertiary/aromatic N) is 1. The lowest BCUT2D eigenvalue weighted by molar-refractivity contribution is -0.117. The minimum Gasteiger partial charge on any atom is -0.330 e. The Balaban J connectivity index is 0.00000220. The average Bonchev–Trinajstić information content (AvgIpc) is 2.42. The molecule has 0 spiro atoms. The van der Waals surface area contributed by atoms with E-state index >= 15 is 0 Å². The molecule has 0 bridgehead atoms. The second-order valence-electron chi connectivity index (χ2n) is 5.35. The number of amides is 1. The molecule has 0 radical (unpaired) electrons. The Morgan fingerprint density at radius 1 is 1.43 bits per heavy atom. The third-order valence-electron chi connectivity index (χ3n) is 3.69. The molecule has 1 aromatic carbocycles. The van der Waals surface area contributed by atoms with E-state index in [-0.39, 0.29) is 18.3 Å². The molecule has 118 valence electrons. The van der Waals surface area contributed by atoms with Gasteiger partial charge in [0.1, 0.15) is 0 Å². The zero-order valence-corrected chi connectivity index (χ0v) is 13.6. The lowest BCUT2D eigenvalue weighted by Crippen LogP contribution is -2.40. The highest BCUT2D eigenvalue weighted by Crippen LogP contribution is 2.21. The van der Waals surface area contributed by atoms with E-state index < -0.39 is 0 Å². The van der Waals surface area contributed by atoms with Crippen molar-refractivity contribution in [3.63, 3.8) is 0 Å². The molecule has 1 amide bonds. The number of nitrogens with one attached hydrogen (secondary N) is 1. The number of hydrogen-bond donors (Lipinski definition) is 2. The van der Waals surface area contributed by atoms with Gasteiger partial charge in [-0.15, -0.1) is 12.4 Å². The van der Waals surface area contributed by atoms with E-state index in [0.717, 1.165) is 32.5 Å². The van der Waals surface area contributed by atoms with Crippen LogP contribution in [0.4, 0.5) is 5.69 Å². The van der Waals surface area contributed by atoms with E-state index in [9.17, 15) is 4.79 Å². The summed E-state index contributed by atoms with van der Waals surface area (Å²) < 4.78 is 0. The molecule has 1 aliphatic heterocycles. The van der Waals surface area contributed by atoms with E-state index in [4.69, 9.17) is 17.3 Å². The first-order valence-electron chi connectivity index (χ1n) is 7.16. The fraction of sp³-hybridized carbons (Fsp3) is 0.533. The maximum absolute atomic E-state index is 12.1. The van der Waals surface area contributed by atoms with Crippen molar-refractivity contribution in [2.45, 2.75) is 19.3 Å². The lowest BCUT2D eigenvalue weighted by atomic mass is 9.95. The maximum Gasteiger partial charge on any atom is 0.238 e. The van der Waals surface area contributed by atoms with Crippen molar-refractivity contribution in [3.05, 3.63) is 29.3 Å². The Hall–Kier alpha value is -0.810. The molecule has 6 heteroatoms. The molecule has 1 atom stereocenters. The summed E-state index contributed by atoms with van der Waals surface area (Å²) in [5.74, 6) is 0.619. The number of halogens is 2. The Kier molecular flexibility index (Phi) is 8.04. The second-order valence-corrected chi connectivity index (χ2v) is 5.76. The zero-order chi connectivity index (χ0) is 14.4. The first-order valence-corrected chi connectivity index (χ1v) is 7.53. The van der Waals surface area contributed by atoms with Crippen LogP contribution in [0.5, 0.6) is 0 Å². The Morgan fingerprint density at radius 3 is 2.90 bits per heavy atom. The third-order valence-corrected chi connectivity index (χ3v) is 4.02. The van der Waals surface area contributed by atoms with Crippen LogP contribution < -0.4 is 11.1 Å². The number of para-hydroxylation sites is 1. The molecule has 2 rings (SSSR count). The molecule has 3 N–H and O–H groups in total. The van der Waals surface area contributed by atoms with E-state index in [1.54, 1.807) is 6.07 Å². The molecule has 1 fully saturated rings. The molecule has 0 saturated carbocycles. The standard InChI is InChI=1S/C15H22ClN3O.ClH/c16-13-5-1-2-6-14(13)18-15(20)11-19-9-3-4-12(10-19)7-8-17;/h1-2,5-6,12H,3-4,7-11,17H2,(H,18,20);1H. The highest BCUT2D eigenvalue weighted by atomic mass is 35.5. The number of rotatable bonds is 5. The SMILES string of the molecule is Cl.NCCC1CCCN(CC(=O)Nc2ccccc2Cl)C1. The van der Waals surface area contributed by atoms with Gasteiger partial charge in [0.2, 0.25) is 5.91 Å². The number of carbonyl (C=O) groups is 1. The summed E-state index contributed by atoms with van der Waals surface area (Å²) in [5, 5.41) is 3.44. The predicted octanol–water partition coefficient (Wildman–Crippen LogP) is 2.76. The summed E-state index contributed by atoms with van der Waals surface area (Å²) in [6.45, 7) is 3.10. The Bertz CT molecular complexity index is 454. The van der Waals surface area contributed by atoms with Crippen molar-refractivity contribution in [1.82, 2.24) is 4.90 Å². The summed E-state index contributed by atoms with van der Waals surface area (Å²) in [6, 6.07) is 7.29. The number of hydrogen-bond acceptors (Lipinski definition) is 3. The monoisotopic (exact) mass is 331 g/mol. The van der Waals surface area contributed by atoms with Gasteiger partial charge >= 0.3 is 0 Å². The molecular weight excluding hydrogens is 309 g/mol. The average molecular weight is 332 g/mol. The topological polar surface area (TPSA) is 58.4 Å². The quantitative estimate of drug-likeness (QED) is 0.872. The van der Waals surface area contributed by atoms with Crippen molar-refractivity contribution in [1.29, 1.82) is 0 Å². The van der Waals surface area contributed by atoms with E-state index in [2.05, 4.69) is 10.2 Å². The molecule has 0 aromatic heterocycles. The molecule has 1 unspecified atom stereocenters. The number of benzene rings is 1.